The molecule has 1 heterocycles. The van der Waals surface area contributed by atoms with Gasteiger partial charge in [-0.1, -0.05) is 34.5 Å². The van der Waals surface area contributed by atoms with Gasteiger partial charge in [0.2, 0.25) is 0 Å². The number of methoxy groups -OCH3 is 1. The molecule has 0 aliphatic carbocycles. The first kappa shape index (κ1) is 25.7. The maximum absolute atomic E-state index is 13.3. The van der Waals surface area contributed by atoms with E-state index in [1.165, 1.54) is 18.0 Å². The number of aryl methyl sites for hydroxylation is 1. The minimum atomic E-state index is -0.903. The number of carbonyl (C=O) groups is 1. The number of fused-ring (bicyclic) bond motifs is 1. The molecule has 0 N–H and O–H groups in total. The highest BCUT2D eigenvalue weighted by molar-refractivity contribution is 9.10. The lowest BCUT2D eigenvalue weighted by molar-refractivity contribution is -0.150. The topological polar surface area (TPSA) is 92.0 Å². The second kappa shape index (κ2) is 11.5. The van der Waals surface area contributed by atoms with Crippen LogP contribution in [-0.4, -0.2) is 41.7 Å². The van der Waals surface area contributed by atoms with Crippen LogP contribution in [0, 0.1) is 0 Å². The summed E-state index contributed by atoms with van der Waals surface area (Å²) in [4.78, 5) is 30.0. The summed E-state index contributed by atoms with van der Waals surface area (Å²) in [6.07, 6.45) is 1.87. The molecule has 0 aliphatic heterocycles. The Labute approximate surface area is 210 Å². The van der Waals surface area contributed by atoms with Gasteiger partial charge in [0.25, 0.3) is 5.56 Å². The first-order valence-corrected chi connectivity index (χ1v) is 11.9. The third-order valence-corrected chi connectivity index (χ3v) is 5.55. The van der Waals surface area contributed by atoms with E-state index in [0.717, 1.165) is 10.9 Å². The van der Waals surface area contributed by atoms with Crippen molar-refractivity contribution < 1.29 is 19.0 Å². The molecular formula is C24H25BrClN3O5. The molecule has 180 valence electrons. The number of halogens is 2. The second-order valence-electron chi connectivity index (χ2n) is 7.34. The van der Waals surface area contributed by atoms with Gasteiger partial charge >= 0.3 is 5.97 Å². The SMILES string of the molecule is CCCc1nc2ccc(Br)cc2c(=O)n1N=Cc1cc(Cl)cc(OC)c1O[C@@H](C)C(=O)OCC. The number of hydrogen-bond donors (Lipinski definition) is 0. The van der Waals surface area contributed by atoms with Crippen LogP contribution < -0.4 is 15.0 Å². The van der Waals surface area contributed by atoms with Crippen molar-refractivity contribution in [1.82, 2.24) is 9.66 Å². The van der Waals surface area contributed by atoms with Crippen molar-refractivity contribution in [2.24, 2.45) is 5.10 Å². The molecule has 0 bridgehead atoms. The van der Waals surface area contributed by atoms with Gasteiger partial charge < -0.3 is 14.2 Å². The van der Waals surface area contributed by atoms with Gasteiger partial charge in [0.15, 0.2) is 17.6 Å². The molecule has 0 spiro atoms. The molecule has 0 aliphatic rings. The van der Waals surface area contributed by atoms with Gasteiger partial charge in [-0.2, -0.15) is 9.78 Å². The number of esters is 1. The average Bonchev–Trinajstić information content (AvgIpc) is 2.80. The summed E-state index contributed by atoms with van der Waals surface area (Å²) >= 11 is 9.66. The number of aromatic nitrogens is 2. The van der Waals surface area contributed by atoms with Gasteiger partial charge in [-0.25, -0.2) is 9.78 Å². The second-order valence-corrected chi connectivity index (χ2v) is 8.69. The molecule has 0 fully saturated rings. The van der Waals surface area contributed by atoms with E-state index in [9.17, 15) is 9.59 Å². The Morgan fingerprint density at radius 1 is 1.29 bits per heavy atom. The Morgan fingerprint density at radius 2 is 2.06 bits per heavy atom. The van der Waals surface area contributed by atoms with Gasteiger partial charge in [-0.05, 0) is 44.5 Å². The lowest BCUT2D eigenvalue weighted by Gasteiger charge is -2.18. The van der Waals surface area contributed by atoms with Crippen molar-refractivity contribution >= 4 is 50.6 Å². The monoisotopic (exact) mass is 549 g/mol. The molecule has 0 saturated carbocycles. The molecular weight excluding hydrogens is 526 g/mol. The van der Waals surface area contributed by atoms with Gasteiger partial charge in [-0.3, -0.25) is 4.79 Å². The van der Waals surface area contributed by atoms with Crippen molar-refractivity contribution in [2.75, 3.05) is 13.7 Å². The van der Waals surface area contributed by atoms with Crippen molar-refractivity contribution in [1.29, 1.82) is 0 Å². The van der Waals surface area contributed by atoms with E-state index in [1.807, 2.05) is 13.0 Å². The van der Waals surface area contributed by atoms with Crippen LogP contribution in [0.4, 0.5) is 0 Å². The summed E-state index contributed by atoms with van der Waals surface area (Å²) in [5, 5.41) is 5.24. The van der Waals surface area contributed by atoms with E-state index >= 15 is 0 Å². The molecule has 1 aromatic heterocycles. The average molecular weight is 551 g/mol. The molecule has 0 unspecified atom stereocenters. The van der Waals surface area contributed by atoms with E-state index in [4.69, 9.17) is 25.8 Å². The molecule has 3 aromatic rings. The first-order chi connectivity index (χ1) is 16.3. The van der Waals surface area contributed by atoms with Crippen molar-refractivity contribution in [3.05, 3.63) is 61.6 Å². The van der Waals surface area contributed by atoms with E-state index in [-0.39, 0.29) is 17.9 Å². The fourth-order valence-electron chi connectivity index (χ4n) is 3.27. The number of rotatable bonds is 9. The first-order valence-electron chi connectivity index (χ1n) is 10.7. The minimum absolute atomic E-state index is 0.229. The van der Waals surface area contributed by atoms with Crippen LogP contribution in [-0.2, 0) is 16.0 Å². The highest BCUT2D eigenvalue weighted by atomic mass is 79.9. The Bertz CT molecular complexity index is 1290. The van der Waals surface area contributed by atoms with Crippen LogP contribution >= 0.6 is 27.5 Å². The predicted molar refractivity (Wildman–Crippen MR) is 135 cm³/mol. The number of nitrogens with zero attached hydrogens (tertiary/aromatic N) is 3. The zero-order valence-corrected chi connectivity index (χ0v) is 21.6. The molecule has 8 nitrogen and oxygen atoms in total. The largest absolute Gasteiger partial charge is 0.493 e. The molecule has 34 heavy (non-hydrogen) atoms. The van der Waals surface area contributed by atoms with Crippen LogP contribution in [0.3, 0.4) is 0 Å². The Hall–Kier alpha value is -2.91. The highest BCUT2D eigenvalue weighted by Gasteiger charge is 2.21. The van der Waals surface area contributed by atoms with Crippen molar-refractivity contribution in [3.8, 4) is 11.5 Å². The van der Waals surface area contributed by atoms with E-state index < -0.39 is 12.1 Å². The third-order valence-electron chi connectivity index (χ3n) is 4.84. The number of benzene rings is 2. The van der Waals surface area contributed by atoms with Crippen LogP contribution in [0.25, 0.3) is 10.9 Å². The molecule has 0 radical (unpaired) electrons. The Morgan fingerprint density at radius 3 is 2.74 bits per heavy atom. The van der Waals surface area contributed by atoms with Crippen LogP contribution in [0.5, 0.6) is 11.5 Å². The van der Waals surface area contributed by atoms with E-state index in [1.54, 1.807) is 38.1 Å². The number of ether oxygens (including phenoxy) is 3. The molecule has 0 amide bonds. The maximum atomic E-state index is 13.3. The van der Waals surface area contributed by atoms with Crippen molar-refractivity contribution in [3.63, 3.8) is 0 Å². The molecule has 0 saturated heterocycles. The summed E-state index contributed by atoms with van der Waals surface area (Å²) in [7, 11) is 1.46. The molecule has 1 atom stereocenters. The number of hydrogen-bond acceptors (Lipinski definition) is 7. The zero-order chi connectivity index (χ0) is 24.8. The summed E-state index contributed by atoms with van der Waals surface area (Å²) < 4.78 is 18.3. The molecule has 2 aromatic carbocycles. The standard InChI is InChI=1S/C24H25BrClN3O5/c1-5-7-21-28-19-9-8-16(25)11-18(19)23(30)29(21)27-13-15-10-17(26)12-20(32-4)22(15)34-14(3)24(31)33-6-2/h8-14H,5-7H2,1-4H3/t14-/m0/s1. The Balaban J connectivity index is 2.12. The smallest absolute Gasteiger partial charge is 0.347 e. The number of carbonyl (C=O) groups excluding carboxylic acids is 1. The van der Waals surface area contributed by atoms with E-state index in [0.29, 0.717) is 39.5 Å². The minimum Gasteiger partial charge on any atom is -0.493 e. The summed E-state index contributed by atoms with van der Waals surface area (Å²) in [5.41, 5.74) is 0.714. The van der Waals surface area contributed by atoms with Crippen LogP contribution in [0.1, 0.15) is 38.6 Å². The lowest BCUT2D eigenvalue weighted by Crippen LogP contribution is -2.26. The lowest BCUT2D eigenvalue weighted by atomic mass is 10.2. The Kier molecular flexibility index (Phi) is 8.68. The maximum Gasteiger partial charge on any atom is 0.347 e. The quantitative estimate of drug-likeness (QED) is 0.275. The fraction of sp³-hybridized carbons (Fsp3) is 0.333. The van der Waals surface area contributed by atoms with Crippen LogP contribution in [0.2, 0.25) is 5.02 Å². The fourth-order valence-corrected chi connectivity index (χ4v) is 3.84. The molecule has 3 rings (SSSR count). The normalized spacial score (nSPS) is 12.2. The van der Waals surface area contributed by atoms with Gasteiger partial charge in [0.1, 0.15) is 5.82 Å². The molecule has 10 heteroatoms. The van der Waals surface area contributed by atoms with Crippen molar-refractivity contribution in [2.45, 2.75) is 39.7 Å². The predicted octanol–water partition coefficient (Wildman–Crippen LogP) is 4.99. The summed E-state index contributed by atoms with van der Waals surface area (Å²) in [6, 6.07) is 8.51. The zero-order valence-electron chi connectivity index (χ0n) is 19.3. The summed E-state index contributed by atoms with van der Waals surface area (Å²) in [5.74, 6) is 0.563. The van der Waals surface area contributed by atoms with Gasteiger partial charge in [-0.15, -0.1) is 0 Å². The van der Waals surface area contributed by atoms with Gasteiger partial charge in [0.05, 0.1) is 30.8 Å². The summed E-state index contributed by atoms with van der Waals surface area (Å²) in [6.45, 7) is 5.51. The highest BCUT2D eigenvalue weighted by Crippen LogP contribution is 2.35. The van der Waals surface area contributed by atoms with Gasteiger partial charge in [0, 0.05) is 27.5 Å². The van der Waals surface area contributed by atoms with Crippen LogP contribution in [0.15, 0.2) is 44.7 Å². The van der Waals surface area contributed by atoms with E-state index in [2.05, 4.69) is 26.0 Å². The third kappa shape index (κ3) is 5.77.